The Balaban J connectivity index is 1.46. The maximum atomic E-state index is 11.3. The van der Waals surface area contributed by atoms with Crippen molar-refractivity contribution in [2.45, 2.75) is 19.1 Å². The molecule has 1 aliphatic heterocycles. The monoisotopic (exact) mass is 422 g/mol. The highest BCUT2D eigenvalue weighted by molar-refractivity contribution is 6.30. The van der Waals surface area contributed by atoms with Crippen molar-refractivity contribution in [1.29, 1.82) is 0 Å². The van der Waals surface area contributed by atoms with Crippen LogP contribution in [-0.2, 0) is 9.63 Å². The van der Waals surface area contributed by atoms with Crippen LogP contribution in [0.4, 0.5) is 5.69 Å². The molecule has 1 aliphatic rings. The molecule has 156 valence electrons. The van der Waals surface area contributed by atoms with E-state index in [1.807, 2.05) is 0 Å². The lowest BCUT2D eigenvalue weighted by molar-refractivity contribution is -0.131. The molecular weight excluding hydrogens is 400 g/mol. The molecule has 3 N–H and O–H groups in total. The third kappa shape index (κ3) is 6.50. The minimum atomic E-state index is -0.850. The molecule has 0 saturated carbocycles. The number of phenolic OH excluding ortho intramolecular Hbond substituents is 1. The standard InChI is InChI=1S/C20H23ClN2O6/c1-13(24)22-19-7-4-15(25)8-20(19)27-11-16(26)9-23-10-18(12-28-23)29-17-5-2-14(21)3-6-17/h2-8,16,18,25-26H,9-12H2,1H3,(H,22,24)/t16-,18+/m1/s1. The van der Waals surface area contributed by atoms with Gasteiger partial charge in [-0.15, -0.1) is 0 Å². The van der Waals surface area contributed by atoms with Gasteiger partial charge < -0.3 is 25.0 Å². The van der Waals surface area contributed by atoms with E-state index in [-0.39, 0.29) is 36.7 Å². The summed E-state index contributed by atoms with van der Waals surface area (Å²) in [6.07, 6.45) is -1.02. The van der Waals surface area contributed by atoms with Crippen molar-refractivity contribution >= 4 is 23.2 Å². The Morgan fingerprint density at radius 2 is 2.10 bits per heavy atom. The first-order chi connectivity index (χ1) is 13.9. The maximum absolute atomic E-state index is 11.3. The second kappa shape index (κ2) is 9.80. The molecule has 8 nitrogen and oxygen atoms in total. The fourth-order valence-corrected chi connectivity index (χ4v) is 2.95. The number of rotatable bonds is 8. The number of aliphatic hydroxyl groups excluding tert-OH is 1. The number of hydroxylamine groups is 2. The summed E-state index contributed by atoms with van der Waals surface area (Å²) < 4.78 is 11.4. The van der Waals surface area contributed by atoms with E-state index >= 15 is 0 Å². The number of nitrogens with zero attached hydrogens (tertiary/aromatic N) is 1. The number of hydrogen-bond donors (Lipinski definition) is 3. The highest BCUT2D eigenvalue weighted by Gasteiger charge is 2.27. The number of hydrogen-bond acceptors (Lipinski definition) is 7. The van der Waals surface area contributed by atoms with E-state index in [1.54, 1.807) is 29.3 Å². The highest BCUT2D eigenvalue weighted by atomic mass is 35.5. The Kier molecular flexibility index (Phi) is 7.16. The summed E-state index contributed by atoms with van der Waals surface area (Å²) in [4.78, 5) is 16.8. The smallest absolute Gasteiger partial charge is 0.221 e. The normalized spacial score (nSPS) is 17.7. The first-order valence-corrected chi connectivity index (χ1v) is 9.48. The van der Waals surface area contributed by atoms with Gasteiger partial charge >= 0.3 is 0 Å². The Morgan fingerprint density at radius 3 is 2.83 bits per heavy atom. The van der Waals surface area contributed by atoms with Crippen LogP contribution in [0.3, 0.4) is 0 Å². The van der Waals surface area contributed by atoms with Crippen LogP contribution in [0.25, 0.3) is 0 Å². The van der Waals surface area contributed by atoms with Crippen LogP contribution in [0.2, 0.25) is 5.02 Å². The van der Waals surface area contributed by atoms with Crippen LogP contribution in [0.5, 0.6) is 17.2 Å². The molecule has 1 fully saturated rings. The van der Waals surface area contributed by atoms with Crippen molar-refractivity contribution in [1.82, 2.24) is 5.06 Å². The van der Waals surface area contributed by atoms with Gasteiger partial charge in [-0.1, -0.05) is 11.6 Å². The van der Waals surface area contributed by atoms with E-state index in [0.29, 0.717) is 29.6 Å². The number of phenols is 1. The maximum Gasteiger partial charge on any atom is 0.221 e. The molecule has 1 saturated heterocycles. The third-order valence-electron chi connectivity index (χ3n) is 4.09. The van der Waals surface area contributed by atoms with Crippen LogP contribution < -0.4 is 14.8 Å². The molecule has 2 atom stereocenters. The Bertz CT molecular complexity index is 832. The lowest BCUT2D eigenvalue weighted by Crippen LogP contribution is -2.34. The highest BCUT2D eigenvalue weighted by Crippen LogP contribution is 2.29. The van der Waals surface area contributed by atoms with Crippen molar-refractivity contribution in [3.63, 3.8) is 0 Å². The number of halogens is 1. The second-order valence-electron chi connectivity index (χ2n) is 6.66. The first kappa shape index (κ1) is 21.2. The molecule has 0 radical (unpaired) electrons. The van der Waals surface area contributed by atoms with Crippen LogP contribution in [-0.4, -0.2) is 59.7 Å². The van der Waals surface area contributed by atoms with Crippen molar-refractivity contribution in [2.75, 3.05) is 31.6 Å². The number of amides is 1. The average Bonchev–Trinajstić information content (AvgIpc) is 3.10. The molecule has 0 aromatic heterocycles. The van der Waals surface area contributed by atoms with E-state index in [0.717, 1.165) is 0 Å². The summed E-state index contributed by atoms with van der Waals surface area (Å²) in [5.41, 5.74) is 0.413. The number of ether oxygens (including phenoxy) is 2. The van der Waals surface area contributed by atoms with Crippen molar-refractivity contribution in [2.24, 2.45) is 0 Å². The third-order valence-corrected chi connectivity index (χ3v) is 4.34. The summed E-state index contributed by atoms with van der Waals surface area (Å²) in [6.45, 7) is 2.41. The van der Waals surface area contributed by atoms with Gasteiger partial charge in [0.1, 0.15) is 42.7 Å². The number of benzene rings is 2. The number of nitrogens with one attached hydrogen (secondary N) is 1. The summed E-state index contributed by atoms with van der Waals surface area (Å²) in [6, 6.07) is 11.4. The second-order valence-corrected chi connectivity index (χ2v) is 7.10. The molecule has 3 rings (SSSR count). The minimum absolute atomic E-state index is 0.00587. The zero-order chi connectivity index (χ0) is 20.8. The molecule has 1 amide bonds. The van der Waals surface area contributed by atoms with Gasteiger partial charge in [-0.2, -0.15) is 5.06 Å². The minimum Gasteiger partial charge on any atom is -0.508 e. The van der Waals surface area contributed by atoms with Crippen molar-refractivity contribution in [3.8, 4) is 17.2 Å². The number of aliphatic hydroxyl groups is 1. The van der Waals surface area contributed by atoms with Crippen LogP contribution in [0.15, 0.2) is 42.5 Å². The molecule has 2 aromatic carbocycles. The van der Waals surface area contributed by atoms with Crippen molar-refractivity contribution in [3.05, 3.63) is 47.5 Å². The van der Waals surface area contributed by atoms with Gasteiger partial charge in [-0.05, 0) is 36.4 Å². The molecule has 0 bridgehead atoms. The van der Waals surface area contributed by atoms with E-state index in [9.17, 15) is 15.0 Å². The van der Waals surface area contributed by atoms with Crippen LogP contribution in [0, 0.1) is 0 Å². The molecule has 2 aromatic rings. The Labute approximate surface area is 173 Å². The molecule has 0 aliphatic carbocycles. The lowest BCUT2D eigenvalue weighted by Gasteiger charge is -2.20. The number of carbonyl (C=O) groups excluding carboxylic acids is 1. The van der Waals surface area contributed by atoms with E-state index in [1.165, 1.54) is 25.1 Å². The van der Waals surface area contributed by atoms with E-state index < -0.39 is 6.10 Å². The summed E-state index contributed by atoms with van der Waals surface area (Å²) in [5.74, 6) is 0.695. The van der Waals surface area contributed by atoms with Gasteiger partial charge in [0, 0.05) is 18.0 Å². The number of β-amino-alcohol motifs (C(OH)–C–C–N with tert-alkyl or cyclic N) is 1. The largest absolute Gasteiger partial charge is 0.508 e. The predicted molar refractivity (Wildman–Crippen MR) is 107 cm³/mol. The molecule has 1 heterocycles. The topological polar surface area (TPSA) is 100 Å². The lowest BCUT2D eigenvalue weighted by atomic mass is 10.2. The average molecular weight is 423 g/mol. The van der Waals surface area contributed by atoms with Gasteiger partial charge in [-0.3, -0.25) is 9.63 Å². The van der Waals surface area contributed by atoms with Gasteiger partial charge in [-0.25, -0.2) is 0 Å². The molecule has 0 unspecified atom stereocenters. The zero-order valence-corrected chi connectivity index (χ0v) is 16.6. The van der Waals surface area contributed by atoms with Crippen LogP contribution in [0.1, 0.15) is 6.92 Å². The summed E-state index contributed by atoms with van der Waals surface area (Å²) in [5, 5.41) is 24.8. The fourth-order valence-electron chi connectivity index (χ4n) is 2.82. The zero-order valence-electron chi connectivity index (χ0n) is 15.9. The van der Waals surface area contributed by atoms with Gasteiger partial charge in [0.15, 0.2) is 0 Å². The summed E-state index contributed by atoms with van der Waals surface area (Å²) >= 11 is 5.86. The molecule has 0 spiro atoms. The SMILES string of the molecule is CC(=O)Nc1ccc(O)cc1OC[C@H](O)CN1C[C@H](Oc2ccc(Cl)cc2)CO1. The molecule has 29 heavy (non-hydrogen) atoms. The Hall–Kier alpha value is -2.52. The fraction of sp³-hybridized carbons (Fsp3) is 0.350. The molecular formula is C20H23ClN2O6. The van der Waals surface area contributed by atoms with E-state index in [4.69, 9.17) is 25.9 Å². The van der Waals surface area contributed by atoms with Gasteiger partial charge in [0.05, 0.1) is 18.8 Å². The molecule has 9 heteroatoms. The van der Waals surface area contributed by atoms with Gasteiger partial charge in [0.2, 0.25) is 5.91 Å². The van der Waals surface area contributed by atoms with Gasteiger partial charge in [0.25, 0.3) is 0 Å². The van der Waals surface area contributed by atoms with E-state index in [2.05, 4.69) is 5.32 Å². The summed E-state index contributed by atoms with van der Waals surface area (Å²) in [7, 11) is 0. The number of anilines is 1. The Morgan fingerprint density at radius 1 is 1.34 bits per heavy atom. The number of aromatic hydroxyl groups is 1. The quantitative estimate of drug-likeness (QED) is 0.562. The first-order valence-electron chi connectivity index (χ1n) is 9.10. The number of carbonyl (C=O) groups is 1. The van der Waals surface area contributed by atoms with Crippen LogP contribution >= 0.6 is 11.6 Å². The predicted octanol–water partition coefficient (Wildman–Crippen LogP) is 2.44. The van der Waals surface area contributed by atoms with Crippen molar-refractivity contribution < 1.29 is 29.3 Å².